The number of hydrogen-bond acceptors (Lipinski definition) is 3. The molecular weight excluding hydrogens is 345 g/mol. The summed E-state index contributed by atoms with van der Waals surface area (Å²) in [4.78, 5) is 14.4. The summed E-state index contributed by atoms with van der Waals surface area (Å²) in [7, 11) is 1.59. The molecule has 0 bridgehead atoms. The average Bonchev–Trinajstić information content (AvgIpc) is 3.51. The molecular formula is C22H24FNO3. The smallest absolute Gasteiger partial charge is 0.247 e. The van der Waals surface area contributed by atoms with Crippen molar-refractivity contribution >= 4 is 12.0 Å². The van der Waals surface area contributed by atoms with Crippen LogP contribution >= 0.6 is 0 Å². The van der Waals surface area contributed by atoms with E-state index in [2.05, 4.69) is 0 Å². The molecule has 0 heterocycles. The Kier molecular flexibility index (Phi) is 6.12. The standard InChI is InChI=1S/C22H24FNO3/c1-3-27-21-14-16(8-12-20(21)26-2)9-13-22(25)24(18-10-11-18)15-17-6-4-5-7-19(17)23/h4-9,12-14,18H,3,10-11,15H2,1-2H3/b13-9+. The zero-order valence-corrected chi connectivity index (χ0v) is 15.7. The first-order valence-electron chi connectivity index (χ1n) is 9.15. The highest BCUT2D eigenvalue weighted by Gasteiger charge is 2.32. The van der Waals surface area contributed by atoms with E-state index < -0.39 is 0 Å². The van der Waals surface area contributed by atoms with Crippen molar-refractivity contribution in [1.29, 1.82) is 0 Å². The molecule has 0 spiro atoms. The predicted octanol–water partition coefficient (Wildman–Crippen LogP) is 4.44. The molecule has 0 unspecified atom stereocenters. The predicted molar refractivity (Wildman–Crippen MR) is 103 cm³/mol. The Balaban J connectivity index is 1.74. The van der Waals surface area contributed by atoms with Gasteiger partial charge in [-0.25, -0.2) is 4.39 Å². The number of nitrogens with zero attached hydrogens (tertiary/aromatic N) is 1. The Morgan fingerprint density at radius 3 is 2.67 bits per heavy atom. The molecule has 142 valence electrons. The largest absolute Gasteiger partial charge is 0.493 e. The van der Waals surface area contributed by atoms with Crippen LogP contribution in [-0.2, 0) is 11.3 Å². The van der Waals surface area contributed by atoms with Gasteiger partial charge in [0.25, 0.3) is 0 Å². The number of methoxy groups -OCH3 is 1. The van der Waals surface area contributed by atoms with Crippen LogP contribution in [0.4, 0.5) is 4.39 Å². The number of carbonyl (C=O) groups is 1. The van der Waals surface area contributed by atoms with Gasteiger partial charge < -0.3 is 14.4 Å². The zero-order valence-electron chi connectivity index (χ0n) is 15.7. The van der Waals surface area contributed by atoms with E-state index in [1.54, 1.807) is 36.3 Å². The topological polar surface area (TPSA) is 38.8 Å². The van der Waals surface area contributed by atoms with Crippen molar-refractivity contribution in [3.05, 3.63) is 65.5 Å². The van der Waals surface area contributed by atoms with Gasteiger partial charge in [0.1, 0.15) is 5.82 Å². The molecule has 0 aromatic heterocycles. The summed E-state index contributed by atoms with van der Waals surface area (Å²) < 4.78 is 24.8. The van der Waals surface area contributed by atoms with Gasteiger partial charge in [-0.1, -0.05) is 24.3 Å². The van der Waals surface area contributed by atoms with Gasteiger partial charge in [0.15, 0.2) is 11.5 Å². The van der Waals surface area contributed by atoms with E-state index in [1.807, 2.05) is 25.1 Å². The van der Waals surface area contributed by atoms with E-state index in [9.17, 15) is 9.18 Å². The lowest BCUT2D eigenvalue weighted by Gasteiger charge is -2.21. The summed E-state index contributed by atoms with van der Waals surface area (Å²) in [6, 6.07) is 12.3. The van der Waals surface area contributed by atoms with Crippen LogP contribution in [0.5, 0.6) is 11.5 Å². The monoisotopic (exact) mass is 369 g/mol. The number of benzene rings is 2. The molecule has 1 aliphatic carbocycles. The molecule has 2 aromatic carbocycles. The number of halogens is 1. The third kappa shape index (κ3) is 4.88. The molecule has 0 radical (unpaired) electrons. The van der Waals surface area contributed by atoms with Gasteiger partial charge in [0.05, 0.1) is 13.7 Å². The second-order valence-electron chi connectivity index (χ2n) is 6.47. The molecule has 1 fully saturated rings. The van der Waals surface area contributed by atoms with Gasteiger partial charge in [-0.15, -0.1) is 0 Å². The highest BCUT2D eigenvalue weighted by atomic mass is 19.1. The Morgan fingerprint density at radius 1 is 1.22 bits per heavy atom. The molecule has 1 aliphatic rings. The fraction of sp³-hybridized carbons (Fsp3) is 0.318. The van der Waals surface area contributed by atoms with Gasteiger partial charge in [0, 0.05) is 24.2 Å². The lowest BCUT2D eigenvalue weighted by atomic mass is 10.1. The van der Waals surface area contributed by atoms with E-state index in [1.165, 1.54) is 12.1 Å². The highest BCUT2D eigenvalue weighted by molar-refractivity contribution is 5.92. The summed E-state index contributed by atoms with van der Waals surface area (Å²) in [6.07, 6.45) is 5.22. The summed E-state index contributed by atoms with van der Waals surface area (Å²) in [5.41, 5.74) is 1.38. The van der Waals surface area contributed by atoms with E-state index in [-0.39, 0.29) is 24.3 Å². The Labute approximate surface area is 159 Å². The minimum absolute atomic E-state index is 0.116. The number of amides is 1. The van der Waals surface area contributed by atoms with Crippen LogP contribution < -0.4 is 9.47 Å². The van der Waals surface area contributed by atoms with Crippen molar-refractivity contribution in [1.82, 2.24) is 4.90 Å². The highest BCUT2D eigenvalue weighted by Crippen LogP contribution is 2.30. The molecule has 0 atom stereocenters. The van der Waals surface area contributed by atoms with Crippen molar-refractivity contribution in [2.75, 3.05) is 13.7 Å². The average molecular weight is 369 g/mol. The lowest BCUT2D eigenvalue weighted by molar-refractivity contribution is -0.127. The van der Waals surface area contributed by atoms with Crippen LogP contribution in [0, 0.1) is 5.82 Å². The SMILES string of the molecule is CCOc1cc(/C=C/C(=O)N(Cc2ccccc2F)C2CC2)ccc1OC. The third-order valence-electron chi connectivity index (χ3n) is 4.48. The molecule has 5 heteroatoms. The van der Waals surface area contributed by atoms with Crippen molar-refractivity contribution in [2.45, 2.75) is 32.4 Å². The maximum Gasteiger partial charge on any atom is 0.247 e. The molecule has 0 N–H and O–H groups in total. The molecule has 0 aliphatic heterocycles. The first kappa shape index (κ1) is 19.0. The fourth-order valence-electron chi connectivity index (χ4n) is 2.91. The maximum atomic E-state index is 14.0. The van der Waals surface area contributed by atoms with Gasteiger partial charge in [-0.2, -0.15) is 0 Å². The fourth-order valence-corrected chi connectivity index (χ4v) is 2.91. The van der Waals surface area contributed by atoms with Crippen LogP contribution in [0.15, 0.2) is 48.5 Å². The summed E-state index contributed by atoms with van der Waals surface area (Å²) in [5.74, 6) is 0.894. The van der Waals surface area contributed by atoms with Crippen molar-refractivity contribution in [2.24, 2.45) is 0 Å². The number of carbonyl (C=O) groups excluding carboxylic acids is 1. The van der Waals surface area contributed by atoms with Crippen molar-refractivity contribution < 1.29 is 18.7 Å². The second-order valence-corrected chi connectivity index (χ2v) is 6.47. The molecule has 3 rings (SSSR count). The quantitative estimate of drug-likeness (QED) is 0.646. The summed E-state index contributed by atoms with van der Waals surface area (Å²) in [6.45, 7) is 2.72. The van der Waals surface area contributed by atoms with Gasteiger partial charge >= 0.3 is 0 Å². The lowest BCUT2D eigenvalue weighted by Crippen LogP contribution is -2.31. The molecule has 27 heavy (non-hydrogen) atoms. The Bertz CT molecular complexity index is 830. The summed E-state index contributed by atoms with van der Waals surface area (Å²) in [5, 5.41) is 0. The normalized spacial score (nSPS) is 13.6. The molecule has 1 saturated carbocycles. The molecule has 4 nitrogen and oxygen atoms in total. The van der Waals surface area contributed by atoms with E-state index >= 15 is 0 Å². The van der Waals surface area contributed by atoms with Crippen LogP contribution in [-0.4, -0.2) is 30.6 Å². The molecule has 1 amide bonds. The molecule has 0 saturated heterocycles. The van der Waals surface area contributed by atoms with E-state index in [4.69, 9.17) is 9.47 Å². The maximum absolute atomic E-state index is 14.0. The van der Waals surface area contributed by atoms with Crippen LogP contribution in [0.1, 0.15) is 30.9 Å². The minimum atomic E-state index is -0.281. The Morgan fingerprint density at radius 2 is 2.00 bits per heavy atom. The number of rotatable bonds is 8. The summed E-state index contributed by atoms with van der Waals surface area (Å²) >= 11 is 0. The first-order chi connectivity index (χ1) is 13.1. The van der Waals surface area contributed by atoms with Gasteiger partial charge in [-0.05, 0) is 49.6 Å². The van der Waals surface area contributed by atoms with E-state index in [0.29, 0.717) is 23.7 Å². The second kappa shape index (κ2) is 8.71. The third-order valence-corrected chi connectivity index (χ3v) is 4.48. The zero-order chi connectivity index (χ0) is 19.2. The van der Waals surface area contributed by atoms with Crippen LogP contribution in [0.3, 0.4) is 0 Å². The van der Waals surface area contributed by atoms with Gasteiger partial charge in [-0.3, -0.25) is 4.79 Å². The van der Waals surface area contributed by atoms with Crippen molar-refractivity contribution in [3.8, 4) is 11.5 Å². The Hall–Kier alpha value is -2.82. The van der Waals surface area contributed by atoms with Crippen LogP contribution in [0.25, 0.3) is 6.08 Å². The molecule has 2 aromatic rings. The van der Waals surface area contributed by atoms with Gasteiger partial charge in [0.2, 0.25) is 5.91 Å². The van der Waals surface area contributed by atoms with E-state index in [0.717, 1.165) is 18.4 Å². The van der Waals surface area contributed by atoms with Crippen molar-refractivity contribution in [3.63, 3.8) is 0 Å². The number of ether oxygens (including phenoxy) is 2. The first-order valence-corrected chi connectivity index (χ1v) is 9.15. The number of hydrogen-bond donors (Lipinski definition) is 0. The van der Waals surface area contributed by atoms with Crippen LogP contribution in [0.2, 0.25) is 0 Å². The minimum Gasteiger partial charge on any atom is -0.493 e.